The Morgan fingerprint density at radius 2 is 1.33 bits per heavy atom. The van der Waals surface area contributed by atoms with Crippen molar-refractivity contribution in [3.63, 3.8) is 0 Å². The van der Waals surface area contributed by atoms with Crippen LogP contribution in [0, 0.1) is 3.95 Å². The number of nitrogens with zero attached hydrogens (tertiary/aromatic N) is 1. The molecule has 1 aromatic heterocycles. The molecule has 6 heteroatoms. The molecule has 0 fully saturated rings. The van der Waals surface area contributed by atoms with Crippen molar-refractivity contribution in [2.75, 3.05) is 5.75 Å². The number of aromatic nitrogens is 2. The lowest BCUT2D eigenvalue weighted by atomic mass is 10.0. The highest BCUT2D eigenvalue weighted by Gasteiger charge is 1.99. The van der Waals surface area contributed by atoms with Crippen LogP contribution in [0.15, 0.2) is 4.34 Å². The van der Waals surface area contributed by atoms with Gasteiger partial charge in [0.25, 0.3) is 0 Å². The summed E-state index contributed by atoms with van der Waals surface area (Å²) in [6.45, 7) is 2.29. The molecule has 0 radical (unpaired) electrons. The molecule has 1 N–H and O–H groups in total. The molecule has 1 rings (SSSR count). The lowest BCUT2D eigenvalue weighted by Gasteiger charge is -2.03. The Balaban J connectivity index is 1.71. The fraction of sp³-hybridized carbons (Fsp3) is 0.889. The summed E-state index contributed by atoms with van der Waals surface area (Å²) in [6.07, 6.45) is 19.9. The monoisotopic (exact) mass is 406 g/mol. The number of nitrogens with one attached hydrogen (secondary N) is 1. The van der Waals surface area contributed by atoms with E-state index in [1.807, 2.05) is 10.8 Å². The minimum Gasteiger partial charge on any atom is -0.257 e. The number of hydrogen-bond acceptors (Lipinski definition) is 5. The molecule has 2 nitrogen and oxygen atoms in total. The number of H-pyrrole nitrogens is 1. The summed E-state index contributed by atoms with van der Waals surface area (Å²) in [5, 5.41) is 6.98. The quantitative estimate of drug-likeness (QED) is 0.160. The van der Waals surface area contributed by atoms with E-state index in [0.29, 0.717) is 0 Å². The number of unbranched alkanes of at least 4 members (excludes halogenated alkanes) is 13. The molecule has 0 amide bonds. The molecule has 0 aromatic carbocycles. The molecule has 0 unspecified atom stereocenters. The third kappa shape index (κ3) is 13.7. The SMILES string of the molecule is CCCCCCCCCCCCCCCCSSc1n[nH]c(=S)s1. The second-order valence-corrected chi connectivity index (χ2v) is 10.7. The third-order valence-electron chi connectivity index (χ3n) is 4.13. The maximum atomic E-state index is 5.03. The van der Waals surface area contributed by atoms with Gasteiger partial charge in [-0.2, -0.15) is 5.10 Å². The first-order valence-corrected chi connectivity index (χ1v) is 13.2. The molecule has 140 valence electrons. The van der Waals surface area contributed by atoms with E-state index in [-0.39, 0.29) is 0 Å². The maximum absolute atomic E-state index is 5.03. The van der Waals surface area contributed by atoms with Crippen LogP contribution in [0.1, 0.15) is 96.8 Å². The van der Waals surface area contributed by atoms with Crippen molar-refractivity contribution < 1.29 is 0 Å². The lowest BCUT2D eigenvalue weighted by Crippen LogP contribution is -1.84. The zero-order valence-electron chi connectivity index (χ0n) is 15.2. The number of aromatic amines is 1. The van der Waals surface area contributed by atoms with Crippen LogP contribution in [-0.4, -0.2) is 16.0 Å². The molecule has 0 saturated heterocycles. The second kappa shape index (κ2) is 16.9. The predicted molar refractivity (Wildman–Crippen MR) is 116 cm³/mol. The van der Waals surface area contributed by atoms with Crippen LogP contribution < -0.4 is 0 Å². The van der Waals surface area contributed by atoms with Crippen LogP contribution in [0.4, 0.5) is 0 Å². The van der Waals surface area contributed by atoms with Gasteiger partial charge in [-0.15, -0.1) is 0 Å². The summed E-state index contributed by atoms with van der Waals surface area (Å²) in [7, 11) is 3.66. The normalized spacial score (nSPS) is 11.2. The van der Waals surface area contributed by atoms with Gasteiger partial charge in [0.15, 0.2) is 8.29 Å². The van der Waals surface area contributed by atoms with Gasteiger partial charge in [-0.3, -0.25) is 5.10 Å². The molecule has 0 spiro atoms. The summed E-state index contributed by atoms with van der Waals surface area (Å²) < 4.78 is 1.82. The highest BCUT2D eigenvalue weighted by molar-refractivity contribution is 8.77. The Labute approximate surface area is 165 Å². The summed E-state index contributed by atoms with van der Waals surface area (Å²) in [5.41, 5.74) is 0. The predicted octanol–water partition coefficient (Wildman–Crippen LogP) is 8.42. The van der Waals surface area contributed by atoms with E-state index in [9.17, 15) is 0 Å². The van der Waals surface area contributed by atoms with E-state index in [2.05, 4.69) is 17.1 Å². The molecule has 0 aliphatic rings. The number of rotatable bonds is 17. The van der Waals surface area contributed by atoms with E-state index in [1.54, 1.807) is 22.1 Å². The molecular formula is C18H34N2S4. The highest BCUT2D eigenvalue weighted by Crippen LogP contribution is 2.32. The van der Waals surface area contributed by atoms with Crippen molar-refractivity contribution in [3.05, 3.63) is 3.95 Å². The molecule has 24 heavy (non-hydrogen) atoms. The van der Waals surface area contributed by atoms with Crippen LogP contribution in [0.25, 0.3) is 0 Å². The molecule has 1 heterocycles. The smallest absolute Gasteiger partial charge is 0.183 e. The molecule has 0 aliphatic carbocycles. The Morgan fingerprint density at radius 3 is 1.79 bits per heavy atom. The van der Waals surface area contributed by atoms with E-state index >= 15 is 0 Å². The summed E-state index contributed by atoms with van der Waals surface area (Å²) in [6, 6.07) is 0. The largest absolute Gasteiger partial charge is 0.257 e. The Hall–Kier alpha value is 0.480. The van der Waals surface area contributed by atoms with E-state index in [4.69, 9.17) is 12.2 Å². The minimum absolute atomic E-state index is 0.773. The van der Waals surface area contributed by atoms with E-state index in [0.717, 1.165) is 8.29 Å². The fourth-order valence-electron chi connectivity index (χ4n) is 2.70. The van der Waals surface area contributed by atoms with Gasteiger partial charge in [-0.25, -0.2) is 0 Å². The summed E-state index contributed by atoms with van der Waals surface area (Å²) >= 11 is 6.59. The van der Waals surface area contributed by atoms with Gasteiger partial charge in [-0.1, -0.05) is 113 Å². The lowest BCUT2D eigenvalue weighted by molar-refractivity contribution is 0.538. The van der Waals surface area contributed by atoms with Crippen molar-refractivity contribution in [2.45, 2.75) is 101 Å². The first-order valence-electron chi connectivity index (χ1n) is 9.68. The Morgan fingerprint density at radius 1 is 0.833 bits per heavy atom. The average molecular weight is 407 g/mol. The zero-order chi connectivity index (χ0) is 17.3. The molecule has 0 atom stereocenters. The van der Waals surface area contributed by atoms with Gasteiger partial charge in [0.1, 0.15) is 0 Å². The first-order chi connectivity index (χ1) is 11.8. The standard InChI is InChI=1S/C18H34N2S4/c1-2-3-4-5-6-7-8-9-10-11-12-13-14-15-16-22-24-18-20-19-17(21)23-18/h2-16H2,1H3,(H,19,21). The van der Waals surface area contributed by atoms with Crippen molar-refractivity contribution in [1.29, 1.82) is 0 Å². The fourth-order valence-corrected chi connectivity index (χ4v) is 6.21. The summed E-state index contributed by atoms with van der Waals surface area (Å²) in [5.74, 6) is 1.22. The van der Waals surface area contributed by atoms with E-state index < -0.39 is 0 Å². The Bertz CT molecular complexity index is 431. The van der Waals surface area contributed by atoms with Crippen LogP contribution >= 0.6 is 45.1 Å². The topological polar surface area (TPSA) is 28.7 Å². The summed E-state index contributed by atoms with van der Waals surface area (Å²) in [4.78, 5) is 0. The van der Waals surface area contributed by atoms with Crippen LogP contribution in [0.3, 0.4) is 0 Å². The van der Waals surface area contributed by atoms with Crippen LogP contribution in [0.5, 0.6) is 0 Å². The van der Waals surface area contributed by atoms with Crippen molar-refractivity contribution in [1.82, 2.24) is 10.2 Å². The van der Waals surface area contributed by atoms with E-state index in [1.165, 1.54) is 95.6 Å². The van der Waals surface area contributed by atoms with Gasteiger partial charge >= 0.3 is 0 Å². The molecule has 0 aliphatic heterocycles. The van der Waals surface area contributed by atoms with Gasteiger partial charge in [-0.05, 0) is 29.4 Å². The minimum atomic E-state index is 0.773. The van der Waals surface area contributed by atoms with Crippen molar-refractivity contribution in [2.24, 2.45) is 0 Å². The Kier molecular flexibility index (Phi) is 15.9. The second-order valence-electron chi connectivity index (χ2n) is 6.38. The molecule has 0 saturated carbocycles. The van der Waals surface area contributed by atoms with Crippen molar-refractivity contribution in [3.8, 4) is 0 Å². The van der Waals surface area contributed by atoms with Gasteiger partial charge < -0.3 is 0 Å². The molecular weight excluding hydrogens is 372 g/mol. The van der Waals surface area contributed by atoms with Gasteiger partial charge in [0.05, 0.1) is 0 Å². The van der Waals surface area contributed by atoms with Crippen molar-refractivity contribution >= 4 is 45.1 Å². The number of hydrogen-bond donors (Lipinski definition) is 1. The third-order valence-corrected chi connectivity index (χ3v) is 7.96. The first kappa shape index (κ1) is 22.5. The van der Waals surface area contributed by atoms with Gasteiger partial charge in [0, 0.05) is 5.75 Å². The van der Waals surface area contributed by atoms with Crippen LogP contribution in [0.2, 0.25) is 0 Å². The average Bonchev–Trinajstić information content (AvgIpc) is 3.00. The van der Waals surface area contributed by atoms with Gasteiger partial charge in [0.2, 0.25) is 0 Å². The maximum Gasteiger partial charge on any atom is 0.183 e. The highest BCUT2D eigenvalue weighted by atomic mass is 33.1. The molecule has 1 aromatic rings. The zero-order valence-corrected chi connectivity index (χ0v) is 18.5. The van der Waals surface area contributed by atoms with Crippen LogP contribution in [-0.2, 0) is 0 Å². The molecule has 0 bridgehead atoms.